The van der Waals surface area contributed by atoms with E-state index in [1.54, 1.807) is 0 Å². The van der Waals surface area contributed by atoms with Crippen LogP contribution in [-0.4, -0.2) is 88.9 Å². The van der Waals surface area contributed by atoms with Gasteiger partial charge in [-0.05, 0) is 46.1 Å². The second-order valence-corrected chi connectivity index (χ2v) is 8.10. The fourth-order valence-corrected chi connectivity index (χ4v) is 2.92. The quantitative estimate of drug-likeness (QED) is 0.0921. The van der Waals surface area contributed by atoms with E-state index in [4.69, 9.17) is 15.9 Å². The van der Waals surface area contributed by atoms with Crippen molar-refractivity contribution in [3.8, 4) is 0 Å². The number of nitrogens with two attached hydrogens (primary N) is 1. The van der Waals surface area contributed by atoms with E-state index in [1.807, 2.05) is 0 Å². The van der Waals surface area contributed by atoms with Crippen molar-refractivity contribution in [2.75, 3.05) is 13.1 Å². The van der Waals surface area contributed by atoms with Crippen LogP contribution in [0.15, 0.2) is 0 Å². The molecule has 0 heterocycles. The molecule has 0 unspecified atom stereocenters. The van der Waals surface area contributed by atoms with Crippen LogP contribution in [-0.2, 0) is 33.6 Å². The molecule has 4 atom stereocenters. The Bertz CT molecular complexity index is 820. The van der Waals surface area contributed by atoms with Gasteiger partial charge < -0.3 is 42.5 Å². The van der Waals surface area contributed by atoms with Gasteiger partial charge in [0.05, 0.1) is 0 Å². The summed E-state index contributed by atoms with van der Waals surface area (Å²) in [6.07, 6.45) is 0.572. The molecule has 0 saturated heterocycles. The fraction of sp³-hybridized carbons (Fsp3) is 0.667. The summed E-state index contributed by atoms with van der Waals surface area (Å²) in [5, 5.41) is 29.2. The number of amides is 5. The number of rotatable bonds is 17. The van der Waals surface area contributed by atoms with Gasteiger partial charge in [-0.3, -0.25) is 33.6 Å². The summed E-state index contributed by atoms with van der Waals surface area (Å²) in [6.45, 7) is 3.56. The molecule has 15 nitrogen and oxygen atoms in total. The predicted octanol–water partition coefficient (Wildman–Crippen LogP) is -2.82. The van der Waals surface area contributed by atoms with E-state index >= 15 is 0 Å². The summed E-state index contributed by atoms with van der Waals surface area (Å²) in [4.78, 5) is 82.6. The predicted molar refractivity (Wildman–Crippen MR) is 125 cm³/mol. The van der Waals surface area contributed by atoms with Gasteiger partial charge in [0.2, 0.25) is 29.5 Å². The molecule has 9 N–H and O–H groups in total. The zero-order chi connectivity index (χ0) is 27.8. The molecule has 0 aromatic carbocycles. The molecule has 15 heteroatoms. The molecular formula is C21H36N6O9. The normalized spacial score (nSPS) is 13.8. The van der Waals surface area contributed by atoms with E-state index in [-0.39, 0.29) is 12.8 Å². The standard InChI is InChI=1S/C21H36N6O9/c1-11(18(33)23-10-17(31)32)24-19(34)12(2)25-20(35)14(6-4-5-9-22)27-21(36)15(26-13(3)28)7-8-16(29)30/h11-12,14-15H,4-10,22H2,1-3H3,(H,23,33)(H,24,34)(H,25,35)(H,26,28)(H,27,36)(H,29,30)(H,31,32)/t11-,12-,14+,15+/m0/s1. The van der Waals surface area contributed by atoms with Crippen LogP contribution in [0.2, 0.25) is 0 Å². The fourth-order valence-electron chi connectivity index (χ4n) is 2.92. The van der Waals surface area contributed by atoms with Gasteiger partial charge in [-0.15, -0.1) is 0 Å². The van der Waals surface area contributed by atoms with Gasteiger partial charge in [-0.1, -0.05) is 0 Å². The highest BCUT2D eigenvalue weighted by Gasteiger charge is 2.29. The van der Waals surface area contributed by atoms with Gasteiger partial charge in [0, 0.05) is 13.3 Å². The Morgan fingerprint density at radius 1 is 0.694 bits per heavy atom. The first-order valence-corrected chi connectivity index (χ1v) is 11.4. The highest BCUT2D eigenvalue weighted by molar-refractivity contribution is 5.95. The number of hydrogen-bond donors (Lipinski definition) is 8. The SMILES string of the molecule is CC(=O)N[C@H](CCC(=O)O)C(=O)N[C@H](CCCCN)C(=O)N[C@@H](C)C(=O)N[C@@H](C)C(=O)NCC(=O)O. The third kappa shape index (κ3) is 13.8. The van der Waals surface area contributed by atoms with Crippen LogP contribution in [0.3, 0.4) is 0 Å². The van der Waals surface area contributed by atoms with Crippen molar-refractivity contribution in [3.05, 3.63) is 0 Å². The Hall–Kier alpha value is -3.75. The average molecular weight is 517 g/mol. The summed E-state index contributed by atoms with van der Waals surface area (Å²) in [7, 11) is 0. The largest absolute Gasteiger partial charge is 0.481 e. The van der Waals surface area contributed by atoms with Crippen LogP contribution in [0.25, 0.3) is 0 Å². The Morgan fingerprint density at radius 3 is 1.75 bits per heavy atom. The molecule has 0 spiro atoms. The van der Waals surface area contributed by atoms with Gasteiger partial charge >= 0.3 is 11.9 Å². The lowest BCUT2D eigenvalue weighted by molar-refractivity contribution is -0.138. The Kier molecular flexibility index (Phi) is 15.1. The minimum atomic E-state index is -1.26. The van der Waals surface area contributed by atoms with E-state index in [9.17, 15) is 33.6 Å². The topological polar surface area (TPSA) is 246 Å². The van der Waals surface area contributed by atoms with Crippen molar-refractivity contribution >= 4 is 41.5 Å². The third-order valence-electron chi connectivity index (χ3n) is 4.84. The molecule has 0 aliphatic heterocycles. The molecule has 0 aromatic heterocycles. The molecule has 204 valence electrons. The van der Waals surface area contributed by atoms with E-state index in [0.29, 0.717) is 19.4 Å². The Balaban J connectivity index is 5.23. The number of hydrogen-bond acceptors (Lipinski definition) is 8. The zero-order valence-corrected chi connectivity index (χ0v) is 20.6. The zero-order valence-electron chi connectivity index (χ0n) is 20.6. The lowest BCUT2D eigenvalue weighted by Crippen LogP contribution is -2.57. The number of carbonyl (C=O) groups is 7. The second kappa shape index (κ2) is 16.8. The van der Waals surface area contributed by atoms with Gasteiger partial charge in [0.1, 0.15) is 30.7 Å². The molecule has 5 amide bonds. The summed E-state index contributed by atoms with van der Waals surface area (Å²) < 4.78 is 0. The van der Waals surface area contributed by atoms with Crippen LogP contribution >= 0.6 is 0 Å². The van der Waals surface area contributed by atoms with Gasteiger partial charge in [-0.2, -0.15) is 0 Å². The summed E-state index contributed by atoms with van der Waals surface area (Å²) in [5.74, 6) is -5.93. The maximum absolute atomic E-state index is 12.8. The second-order valence-electron chi connectivity index (χ2n) is 8.10. The van der Waals surface area contributed by atoms with Crippen molar-refractivity contribution < 1.29 is 43.8 Å². The summed E-state index contributed by atoms with van der Waals surface area (Å²) in [6, 6.07) is -4.51. The number of carboxylic acids is 2. The molecule has 0 aliphatic carbocycles. The smallest absolute Gasteiger partial charge is 0.322 e. The maximum Gasteiger partial charge on any atom is 0.322 e. The van der Waals surface area contributed by atoms with Crippen LogP contribution in [0.5, 0.6) is 0 Å². The molecule has 0 radical (unpaired) electrons. The van der Waals surface area contributed by atoms with Crippen molar-refractivity contribution in [1.29, 1.82) is 0 Å². The molecule has 0 aliphatic rings. The van der Waals surface area contributed by atoms with Crippen molar-refractivity contribution in [3.63, 3.8) is 0 Å². The lowest BCUT2D eigenvalue weighted by atomic mass is 10.1. The summed E-state index contributed by atoms with van der Waals surface area (Å²) >= 11 is 0. The summed E-state index contributed by atoms with van der Waals surface area (Å²) in [5.41, 5.74) is 5.48. The third-order valence-corrected chi connectivity index (χ3v) is 4.84. The van der Waals surface area contributed by atoms with Gasteiger partial charge in [0.25, 0.3) is 0 Å². The molecule has 0 bridgehead atoms. The lowest BCUT2D eigenvalue weighted by Gasteiger charge is -2.24. The van der Waals surface area contributed by atoms with Crippen LogP contribution in [0, 0.1) is 0 Å². The number of carboxylic acid groups (broad SMARTS) is 2. The number of carbonyl (C=O) groups excluding carboxylic acids is 5. The van der Waals surface area contributed by atoms with Crippen LogP contribution in [0.4, 0.5) is 0 Å². The van der Waals surface area contributed by atoms with E-state index in [0.717, 1.165) is 6.92 Å². The Morgan fingerprint density at radius 2 is 1.22 bits per heavy atom. The number of unbranched alkanes of at least 4 members (excludes halogenated alkanes) is 1. The van der Waals surface area contributed by atoms with Crippen LogP contribution < -0.4 is 32.3 Å². The highest BCUT2D eigenvalue weighted by Crippen LogP contribution is 2.05. The number of nitrogens with one attached hydrogen (secondary N) is 5. The first-order chi connectivity index (χ1) is 16.8. The minimum Gasteiger partial charge on any atom is -0.481 e. The van der Waals surface area contributed by atoms with E-state index in [2.05, 4.69) is 26.6 Å². The molecule has 0 fully saturated rings. The van der Waals surface area contributed by atoms with E-state index < -0.39 is 78.6 Å². The van der Waals surface area contributed by atoms with E-state index in [1.165, 1.54) is 13.8 Å². The minimum absolute atomic E-state index is 0.156. The first kappa shape index (κ1) is 32.2. The first-order valence-electron chi connectivity index (χ1n) is 11.4. The molecule has 0 aromatic rings. The van der Waals surface area contributed by atoms with Crippen molar-refractivity contribution in [2.24, 2.45) is 5.73 Å². The highest BCUT2D eigenvalue weighted by atomic mass is 16.4. The van der Waals surface area contributed by atoms with Gasteiger partial charge in [0.15, 0.2) is 0 Å². The van der Waals surface area contributed by atoms with Crippen molar-refractivity contribution in [1.82, 2.24) is 26.6 Å². The molecular weight excluding hydrogens is 480 g/mol. The van der Waals surface area contributed by atoms with Crippen LogP contribution in [0.1, 0.15) is 52.9 Å². The average Bonchev–Trinajstić information content (AvgIpc) is 2.78. The Labute approximate surface area is 208 Å². The molecule has 0 rings (SSSR count). The molecule has 0 saturated carbocycles. The van der Waals surface area contributed by atoms with Gasteiger partial charge in [-0.25, -0.2) is 0 Å². The number of aliphatic carboxylic acids is 2. The molecule has 36 heavy (non-hydrogen) atoms. The monoisotopic (exact) mass is 516 g/mol. The maximum atomic E-state index is 12.8. The van der Waals surface area contributed by atoms with Crippen molar-refractivity contribution in [2.45, 2.75) is 77.0 Å².